The number of aromatic nitrogens is 2. The summed E-state index contributed by atoms with van der Waals surface area (Å²) in [5.74, 6) is -0.754. The molecule has 30 heavy (non-hydrogen) atoms. The number of amides is 1. The first kappa shape index (κ1) is 19.5. The molecule has 0 radical (unpaired) electrons. The number of rotatable bonds is 6. The molecule has 4 aromatic rings. The number of hydrogen-bond donors (Lipinski definition) is 1. The molecule has 0 unspecified atom stereocenters. The third-order valence-electron chi connectivity index (χ3n) is 4.37. The lowest BCUT2D eigenvalue weighted by molar-refractivity contribution is -0.384. The number of carbonyl (C=O) groups is 1. The predicted octanol–water partition coefficient (Wildman–Crippen LogP) is 4.58. The summed E-state index contributed by atoms with van der Waals surface area (Å²) in [4.78, 5) is 24.4. The highest BCUT2D eigenvalue weighted by Gasteiger charge is 2.19. The van der Waals surface area contributed by atoms with Gasteiger partial charge < -0.3 is 5.32 Å². The topological polar surface area (TPSA) is 90.1 Å². The van der Waals surface area contributed by atoms with E-state index in [1.54, 1.807) is 30.3 Å². The Morgan fingerprint density at radius 2 is 1.93 bits per heavy atom. The zero-order chi connectivity index (χ0) is 21.1. The van der Waals surface area contributed by atoms with Crippen molar-refractivity contribution in [2.24, 2.45) is 0 Å². The van der Waals surface area contributed by atoms with Gasteiger partial charge in [0.2, 0.25) is 0 Å². The minimum atomic E-state index is -0.499. The van der Waals surface area contributed by atoms with Gasteiger partial charge in [0.1, 0.15) is 17.2 Å². The lowest BCUT2D eigenvalue weighted by atomic mass is 10.2. The van der Waals surface area contributed by atoms with Crippen molar-refractivity contribution < 1.29 is 14.1 Å². The van der Waals surface area contributed by atoms with E-state index < -0.39 is 10.8 Å². The normalized spacial score (nSPS) is 10.7. The van der Waals surface area contributed by atoms with Crippen molar-refractivity contribution in [2.45, 2.75) is 6.54 Å². The van der Waals surface area contributed by atoms with Crippen LogP contribution in [0.2, 0.25) is 0 Å². The first-order chi connectivity index (χ1) is 14.5. The van der Waals surface area contributed by atoms with Gasteiger partial charge in [0.05, 0.1) is 15.5 Å². The van der Waals surface area contributed by atoms with Gasteiger partial charge in [-0.05, 0) is 41.3 Å². The van der Waals surface area contributed by atoms with Crippen molar-refractivity contribution in [1.82, 2.24) is 15.1 Å². The summed E-state index contributed by atoms with van der Waals surface area (Å²) in [6.45, 7) is 0.202. The second-order valence-corrected chi connectivity index (χ2v) is 7.34. The summed E-state index contributed by atoms with van der Waals surface area (Å²) in [6, 6.07) is 17.2. The molecule has 0 atom stereocenters. The quantitative estimate of drug-likeness (QED) is 0.364. The Bertz CT molecular complexity index is 1200. The highest BCUT2D eigenvalue weighted by atomic mass is 32.1. The lowest BCUT2D eigenvalue weighted by Crippen LogP contribution is -2.25. The average molecular weight is 422 g/mol. The first-order valence-electron chi connectivity index (χ1n) is 8.93. The molecule has 0 saturated carbocycles. The molecule has 9 heteroatoms. The number of halogens is 1. The van der Waals surface area contributed by atoms with E-state index >= 15 is 0 Å². The van der Waals surface area contributed by atoms with Crippen LogP contribution in [0.4, 0.5) is 10.1 Å². The van der Waals surface area contributed by atoms with Gasteiger partial charge in [0.25, 0.3) is 11.6 Å². The standard InChI is InChI=1S/C21H15FN4O3S/c22-15-8-6-14(7-9-15)13-23-21(27)19-12-18(20-5-2-10-30-20)24-25(19)16-3-1-4-17(11-16)26(28)29/h1-12H,13H2,(H,23,27). The number of nitrogens with zero attached hydrogens (tertiary/aromatic N) is 3. The largest absolute Gasteiger partial charge is 0.347 e. The van der Waals surface area contributed by atoms with Crippen LogP contribution in [0.25, 0.3) is 16.3 Å². The Labute approximate surface area is 174 Å². The van der Waals surface area contributed by atoms with Crippen LogP contribution in [0.3, 0.4) is 0 Å². The van der Waals surface area contributed by atoms with Crippen molar-refractivity contribution in [3.8, 4) is 16.3 Å². The molecule has 2 aromatic heterocycles. The van der Waals surface area contributed by atoms with Gasteiger partial charge in [0.15, 0.2) is 0 Å². The van der Waals surface area contributed by atoms with Crippen molar-refractivity contribution in [3.63, 3.8) is 0 Å². The highest BCUT2D eigenvalue weighted by molar-refractivity contribution is 7.13. The van der Waals surface area contributed by atoms with Crippen LogP contribution >= 0.6 is 11.3 Å². The fraction of sp³-hybridized carbons (Fsp3) is 0.0476. The van der Waals surface area contributed by atoms with E-state index in [1.807, 2.05) is 17.5 Å². The molecule has 2 aromatic carbocycles. The van der Waals surface area contributed by atoms with Gasteiger partial charge in [-0.2, -0.15) is 5.10 Å². The monoisotopic (exact) mass is 422 g/mol. The second kappa shape index (κ2) is 8.26. The van der Waals surface area contributed by atoms with Gasteiger partial charge in [0, 0.05) is 18.7 Å². The summed E-state index contributed by atoms with van der Waals surface area (Å²) in [5, 5.41) is 20.3. The summed E-state index contributed by atoms with van der Waals surface area (Å²) in [7, 11) is 0. The van der Waals surface area contributed by atoms with Crippen LogP contribution in [0.15, 0.2) is 72.1 Å². The third-order valence-corrected chi connectivity index (χ3v) is 5.26. The molecule has 0 aliphatic rings. The zero-order valence-corrected chi connectivity index (χ0v) is 16.3. The van der Waals surface area contributed by atoms with E-state index in [4.69, 9.17) is 0 Å². The van der Waals surface area contributed by atoms with Crippen molar-refractivity contribution >= 4 is 22.9 Å². The number of hydrogen-bond acceptors (Lipinski definition) is 5. The van der Waals surface area contributed by atoms with Crippen LogP contribution in [-0.2, 0) is 6.54 Å². The molecule has 0 bridgehead atoms. The number of nitro groups is 1. The third kappa shape index (κ3) is 4.11. The van der Waals surface area contributed by atoms with Crippen LogP contribution in [0.1, 0.15) is 16.1 Å². The zero-order valence-electron chi connectivity index (χ0n) is 15.5. The summed E-state index contributed by atoms with van der Waals surface area (Å²) in [5.41, 5.74) is 1.87. The van der Waals surface area contributed by atoms with Crippen molar-refractivity contribution in [1.29, 1.82) is 0 Å². The Morgan fingerprint density at radius 3 is 2.63 bits per heavy atom. The van der Waals surface area contributed by atoms with Crippen LogP contribution in [-0.4, -0.2) is 20.6 Å². The number of carbonyl (C=O) groups excluding carboxylic acids is 1. The Balaban J connectivity index is 1.68. The van der Waals surface area contributed by atoms with E-state index in [2.05, 4.69) is 10.4 Å². The molecule has 0 fully saturated rings. The van der Waals surface area contributed by atoms with Gasteiger partial charge in [-0.15, -0.1) is 11.3 Å². The molecule has 7 nitrogen and oxygen atoms in total. The predicted molar refractivity (Wildman–Crippen MR) is 111 cm³/mol. The maximum atomic E-state index is 13.1. The van der Waals surface area contributed by atoms with E-state index in [1.165, 1.54) is 40.3 Å². The number of non-ortho nitro benzene ring substituents is 1. The Morgan fingerprint density at radius 1 is 1.13 bits per heavy atom. The van der Waals surface area contributed by atoms with Gasteiger partial charge in [-0.1, -0.05) is 24.3 Å². The van der Waals surface area contributed by atoms with Gasteiger partial charge >= 0.3 is 0 Å². The summed E-state index contributed by atoms with van der Waals surface area (Å²) < 4.78 is 14.5. The molecule has 150 valence electrons. The fourth-order valence-electron chi connectivity index (χ4n) is 2.90. The Kier molecular flexibility index (Phi) is 5.36. The van der Waals surface area contributed by atoms with E-state index in [9.17, 15) is 19.3 Å². The lowest BCUT2D eigenvalue weighted by Gasteiger charge is -2.08. The molecule has 1 N–H and O–H groups in total. The Hall–Kier alpha value is -3.85. The summed E-state index contributed by atoms with van der Waals surface area (Å²) in [6.07, 6.45) is 0. The number of thiophene rings is 1. The van der Waals surface area contributed by atoms with E-state index in [0.29, 0.717) is 11.4 Å². The minimum Gasteiger partial charge on any atom is -0.347 e. The SMILES string of the molecule is O=C(NCc1ccc(F)cc1)c1cc(-c2cccs2)nn1-c1cccc([N+](=O)[O-])c1. The van der Waals surface area contributed by atoms with Crippen molar-refractivity contribution in [2.75, 3.05) is 0 Å². The smallest absolute Gasteiger partial charge is 0.271 e. The molecule has 0 saturated heterocycles. The van der Waals surface area contributed by atoms with E-state index in [0.717, 1.165) is 10.4 Å². The number of nitrogens with one attached hydrogen (secondary N) is 1. The van der Waals surface area contributed by atoms with Gasteiger partial charge in [-0.3, -0.25) is 14.9 Å². The van der Waals surface area contributed by atoms with Crippen molar-refractivity contribution in [3.05, 3.63) is 99.3 Å². The van der Waals surface area contributed by atoms with E-state index in [-0.39, 0.29) is 23.7 Å². The molecule has 0 aliphatic carbocycles. The maximum absolute atomic E-state index is 13.1. The molecule has 0 spiro atoms. The fourth-order valence-corrected chi connectivity index (χ4v) is 3.58. The van der Waals surface area contributed by atoms with Crippen LogP contribution in [0, 0.1) is 15.9 Å². The molecular weight excluding hydrogens is 407 g/mol. The van der Waals surface area contributed by atoms with Crippen LogP contribution in [0.5, 0.6) is 0 Å². The summed E-state index contributed by atoms with van der Waals surface area (Å²) >= 11 is 1.47. The number of benzene rings is 2. The minimum absolute atomic E-state index is 0.0988. The molecule has 1 amide bonds. The second-order valence-electron chi connectivity index (χ2n) is 6.39. The first-order valence-corrected chi connectivity index (χ1v) is 9.80. The average Bonchev–Trinajstić information content (AvgIpc) is 3.43. The van der Waals surface area contributed by atoms with Gasteiger partial charge in [-0.25, -0.2) is 9.07 Å². The number of nitro benzene ring substituents is 1. The molecule has 4 rings (SSSR count). The molecule has 0 aliphatic heterocycles. The highest BCUT2D eigenvalue weighted by Crippen LogP contribution is 2.27. The molecular formula is C21H15FN4O3S. The maximum Gasteiger partial charge on any atom is 0.271 e. The van der Waals surface area contributed by atoms with Crippen LogP contribution < -0.4 is 5.32 Å². The molecule has 2 heterocycles.